The fraction of sp³-hybridized carbons (Fsp3) is 0.533. The Morgan fingerprint density at radius 2 is 1.88 bits per heavy atom. The summed E-state index contributed by atoms with van der Waals surface area (Å²) in [5.74, 6) is 0.146. The lowest BCUT2D eigenvalue weighted by Crippen LogP contribution is -2.07. The molecule has 1 heteroatoms. The van der Waals surface area contributed by atoms with Gasteiger partial charge >= 0.3 is 0 Å². The molecule has 0 N–H and O–H groups in total. The van der Waals surface area contributed by atoms with Crippen LogP contribution in [0.2, 0.25) is 0 Å². The predicted molar refractivity (Wildman–Crippen MR) is 69.3 cm³/mol. The molecule has 0 radical (unpaired) electrons. The fourth-order valence-electron chi connectivity index (χ4n) is 1.66. The Morgan fingerprint density at radius 1 is 1.19 bits per heavy atom. The van der Waals surface area contributed by atoms with E-state index in [4.69, 9.17) is 0 Å². The van der Waals surface area contributed by atoms with Gasteiger partial charge in [-0.1, -0.05) is 37.6 Å². The molecule has 0 atom stereocenters. The summed E-state index contributed by atoms with van der Waals surface area (Å²) < 4.78 is 0. The van der Waals surface area contributed by atoms with Gasteiger partial charge in [0.2, 0.25) is 0 Å². The summed E-state index contributed by atoms with van der Waals surface area (Å²) in [6.45, 7) is 8.40. The SMILES string of the molecule is C/C1=C/CC(C)(C)/C=C/C(=O)/C(C)=C/CC1. The van der Waals surface area contributed by atoms with Gasteiger partial charge in [-0.3, -0.25) is 4.79 Å². The van der Waals surface area contributed by atoms with E-state index in [9.17, 15) is 4.79 Å². The van der Waals surface area contributed by atoms with Crippen molar-refractivity contribution in [3.05, 3.63) is 35.5 Å². The maximum atomic E-state index is 11.7. The van der Waals surface area contributed by atoms with Crippen LogP contribution >= 0.6 is 0 Å². The number of rotatable bonds is 0. The standard InChI is InChI=1S/C15H22O/c1-12-6-5-7-13(2)14(16)9-11-15(3,4)10-8-12/h7-9,11H,5-6,10H2,1-4H3/b11-9+,12-8-,13-7+. The largest absolute Gasteiger partial charge is 0.290 e. The molecule has 88 valence electrons. The van der Waals surface area contributed by atoms with Crippen molar-refractivity contribution >= 4 is 5.78 Å². The summed E-state index contributed by atoms with van der Waals surface area (Å²) in [5, 5.41) is 0. The molecule has 0 saturated carbocycles. The van der Waals surface area contributed by atoms with Crippen molar-refractivity contribution in [2.24, 2.45) is 5.41 Å². The van der Waals surface area contributed by atoms with Gasteiger partial charge < -0.3 is 0 Å². The van der Waals surface area contributed by atoms with Crippen LogP contribution in [0.3, 0.4) is 0 Å². The van der Waals surface area contributed by atoms with Gasteiger partial charge in [0.05, 0.1) is 0 Å². The van der Waals surface area contributed by atoms with Gasteiger partial charge in [-0.2, -0.15) is 0 Å². The Morgan fingerprint density at radius 3 is 2.56 bits per heavy atom. The first-order valence-corrected chi connectivity index (χ1v) is 5.97. The molecular formula is C15H22O. The topological polar surface area (TPSA) is 17.1 Å². The highest BCUT2D eigenvalue weighted by Crippen LogP contribution is 2.25. The van der Waals surface area contributed by atoms with Crippen molar-refractivity contribution in [2.45, 2.75) is 47.0 Å². The number of ketones is 1. The number of hydrogen-bond donors (Lipinski definition) is 0. The minimum Gasteiger partial charge on any atom is -0.290 e. The fourth-order valence-corrected chi connectivity index (χ4v) is 1.66. The zero-order valence-corrected chi connectivity index (χ0v) is 10.8. The number of carbonyl (C=O) groups excluding carboxylic acids is 1. The zero-order valence-electron chi connectivity index (χ0n) is 10.8. The monoisotopic (exact) mass is 218 g/mol. The van der Waals surface area contributed by atoms with Gasteiger partial charge in [-0.15, -0.1) is 0 Å². The third-order valence-corrected chi connectivity index (χ3v) is 3.04. The average molecular weight is 218 g/mol. The Hall–Kier alpha value is -1.11. The Balaban J connectivity index is 2.95. The van der Waals surface area contributed by atoms with Crippen LogP contribution in [0.1, 0.15) is 47.0 Å². The van der Waals surface area contributed by atoms with Gasteiger partial charge in [-0.25, -0.2) is 0 Å². The molecule has 1 nitrogen and oxygen atoms in total. The van der Waals surface area contributed by atoms with Crippen LogP contribution in [0.5, 0.6) is 0 Å². The van der Waals surface area contributed by atoms with Crippen LogP contribution in [-0.2, 0) is 4.79 Å². The maximum Gasteiger partial charge on any atom is 0.180 e. The number of carbonyl (C=O) groups is 1. The van der Waals surface area contributed by atoms with Crippen molar-refractivity contribution in [3.8, 4) is 0 Å². The molecule has 0 bridgehead atoms. The number of hydrogen-bond acceptors (Lipinski definition) is 1. The van der Waals surface area contributed by atoms with E-state index in [1.165, 1.54) is 5.57 Å². The summed E-state index contributed by atoms with van der Waals surface area (Å²) in [4.78, 5) is 11.7. The molecule has 0 spiro atoms. The highest BCUT2D eigenvalue weighted by molar-refractivity contribution is 6.03. The molecule has 0 unspecified atom stereocenters. The minimum atomic E-state index is 0.0710. The van der Waals surface area contributed by atoms with Gasteiger partial charge in [0.1, 0.15) is 0 Å². The molecule has 0 fully saturated rings. The van der Waals surface area contributed by atoms with Crippen LogP contribution in [0.4, 0.5) is 0 Å². The summed E-state index contributed by atoms with van der Waals surface area (Å²) in [6.07, 6.45) is 11.1. The smallest absolute Gasteiger partial charge is 0.180 e. The molecule has 1 rings (SSSR count). The molecular weight excluding hydrogens is 196 g/mol. The Bertz CT molecular complexity index is 354. The van der Waals surface area contributed by atoms with E-state index >= 15 is 0 Å². The van der Waals surface area contributed by atoms with Crippen LogP contribution in [0.25, 0.3) is 0 Å². The molecule has 0 aromatic rings. The van der Waals surface area contributed by atoms with E-state index in [1.54, 1.807) is 6.08 Å². The van der Waals surface area contributed by atoms with Crippen molar-refractivity contribution < 1.29 is 4.79 Å². The van der Waals surface area contributed by atoms with Crippen LogP contribution < -0.4 is 0 Å². The molecule has 1 aliphatic rings. The Labute approximate surface area is 98.9 Å². The molecule has 16 heavy (non-hydrogen) atoms. The van der Waals surface area contributed by atoms with Crippen LogP contribution in [0, 0.1) is 5.41 Å². The summed E-state index contributed by atoms with van der Waals surface area (Å²) in [5.41, 5.74) is 2.35. The summed E-state index contributed by atoms with van der Waals surface area (Å²) in [6, 6.07) is 0. The molecule has 0 aromatic carbocycles. The minimum absolute atomic E-state index is 0.0710. The van der Waals surface area contributed by atoms with E-state index in [2.05, 4.69) is 26.8 Å². The lowest BCUT2D eigenvalue weighted by Gasteiger charge is -2.18. The molecule has 0 saturated heterocycles. The first-order chi connectivity index (χ1) is 7.41. The van der Waals surface area contributed by atoms with Crippen molar-refractivity contribution in [1.29, 1.82) is 0 Å². The van der Waals surface area contributed by atoms with E-state index in [1.807, 2.05) is 19.1 Å². The third kappa shape index (κ3) is 4.18. The molecule has 0 heterocycles. The van der Waals surface area contributed by atoms with E-state index in [0.717, 1.165) is 24.8 Å². The average Bonchev–Trinajstić information content (AvgIpc) is 2.23. The van der Waals surface area contributed by atoms with Crippen LogP contribution in [-0.4, -0.2) is 5.78 Å². The highest BCUT2D eigenvalue weighted by atomic mass is 16.1. The predicted octanol–water partition coefficient (Wildman–Crippen LogP) is 4.21. The molecule has 0 amide bonds. The lowest BCUT2D eigenvalue weighted by molar-refractivity contribution is -0.111. The number of allylic oxidation sites excluding steroid dienone is 6. The zero-order chi connectivity index (χ0) is 12.2. The summed E-state index contributed by atoms with van der Waals surface area (Å²) in [7, 11) is 0. The highest BCUT2D eigenvalue weighted by Gasteiger charge is 2.13. The summed E-state index contributed by atoms with van der Waals surface area (Å²) >= 11 is 0. The quantitative estimate of drug-likeness (QED) is 0.556. The second-order valence-electron chi connectivity index (χ2n) is 5.37. The van der Waals surface area contributed by atoms with Crippen LogP contribution in [0.15, 0.2) is 35.5 Å². The maximum absolute atomic E-state index is 11.7. The van der Waals surface area contributed by atoms with E-state index in [0.29, 0.717) is 0 Å². The van der Waals surface area contributed by atoms with Crippen molar-refractivity contribution in [2.75, 3.05) is 0 Å². The van der Waals surface area contributed by atoms with Gasteiger partial charge in [0.25, 0.3) is 0 Å². The first-order valence-electron chi connectivity index (χ1n) is 5.97. The normalized spacial score (nSPS) is 30.6. The molecule has 0 aliphatic heterocycles. The van der Waals surface area contributed by atoms with Crippen molar-refractivity contribution in [1.82, 2.24) is 0 Å². The van der Waals surface area contributed by atoms with Crippen molar-refractivity contribution in [3.63, 3.8) is 0 Å². The van der Waals surface area contributed by atoms with Gasteiger partial charge in [0.15, 0.2) is 5.78 Å². The second-order valence-corrected chi connectivity index (χ2v) is 5.37. The van der Waals surface area contributed by atoms with E-state index < -0.39 is 0 Å². The second kappa shape index (κ2) is 5.29. The Kier molecular flexibility index (Phi) is 4.28. The van der Waals surface area contributed by atoms with E-state index in [-0.39, 0.29) is 11.2 Å². The van der Waals surface area contributed by atoms with Gasteiger partial charge in [0, 0.05) is 0 Å². The van der Waals surface area contributed by atoms with Gasteiger partial charge in [-0.05, 0) is 50.2 Å². The third-order valence-electron chi connectivity index (χ3n) is 3.04. The first kappa shape index (κ1) is 13.0. The lowest BCUT2D eigenvalue weighted by atomic mass is 9.87. The molecule has 0 aromatic heterocycles. The molecule has 1 aliphatic carbocycles.